The van der Waals surface area contributed by atoms with E-state index < -0.39 is 0 Å². The van der Waals surface area contributed by atoms with Crippen LogP contribution in [0.4, 0.5) is 5.69 Å². The third-order valence-electron chi connectivity index (χ3n) is 5.70. The first-order valence-electron chi connectivity index (χ1n) is 11.1. The largest absolute Gasteiger partial charge is 0.497 e. The number of carbonyl (C=O) groups is 1. The van der Waals surface area contributed by atoms with Crippen LogP contribution in [0, 0.1) is 13.8 Å². The Balaban J connectivity index is 1.23. The van der Waals surface area contributed by atoms with E-state index in [4.69, 9.17) is 23.4 Å². The molecule has 0 bridgehead atoms. The van der Waals surface area contributed by atoms with Gasteiger partial charge in [-0.25, -0.2) is 0 Å². The van der Waals surface area contributed by atoms with Crippen LogP contribution in [0.5, 0.6) is 23.0 Å². The molecule has 35 heavy (non-hydrogen) atoms. The molecule has 1 aliphatic rings. The maximum Gasteiger partial charge on any atom is 0.291 e. The van der Waals surface area contributed by atoms with Crippen molar-refractivity contribution >= 4 is 11.6 Å². The molecule has 1 amide bonds. The van der Waals surface area contributed by atoms with Gasteiger partial charge in [-0.1, -0.05) is 12.1 Å². The summed E-state index contributed by atoms with van der Waals surface area (Å²) in [4.78, 5) is 12.9. The van der Waals surface area contributed by atoms with E-state index >= 15 is 0 Å². The van der Waals surface area contributed by atoms with Gasteiger partial charge in [-0.3, -0.25) is 9.48 Å². The maximum absolute atomic E-state index is 12.9. The normalized spacial score (nSPS) is 12.0. The second-order valence-electron chi connectivity index (χ2n) is 8.08. The van der Waals surface area contributed by atoms with Crippen LogP contribution >= 0.6 is 0 Å². The van der Waals surface area contributed by atoms with Crippen molar-refractivity contribution in [3.05, 3.63) is 83.1 Å². The van der Waals surface area contributed by atoms with E-state index in [2.05, 4.69) is 10.4 Å². The number of aryl methyl sites for hydroxylation is 1. The number of rotatable bonds is 8. The molecule has 9 nitrogen and oxygen atoms in total. The second kappa shape index (κ2) is 9.46. The number of benzene rings is 2. The van der Waals surface area contributed by atoms with Crippen molar-refractivity contribution < 1.29 is 28.2 Å². The first-order chi connectivity index (χ1) is 17.0. The minimum Gasteiger partial charge on any atom is -0.497 e. The number of furan rings is 1. The summed E-state index contributed by atoms with van der Waals surface area (Å²) in [5.74, 6) is 3.08. The first kappa shape index (κ1) is 22.4. The average Bonchev–Trinajstić information content (AvgIpc) is 3.59. The van der Waals surface area contributed by atoms with E-state index in [-0.39, 0.29) is 25.1 Å². The van der Waals surface area contributed by atoms with Crippen LogP contribution in [0.15, 0.2) is 59.0 Å². The molecule has 9 heteroatoms. The molecular formula is C26H25N3O6. The molecule has 0 spiro atoms. The number of carbonyl (C=O) groups excluding carboxylic acids is 1. The Labute approximate surface area is 202 Å². The van der Waals surface area contributed by atoms with Gasteiger partial charge in [0.25, 0.3) is 5.91 Å². The fourth-order valence-corrected chi connectivity index (χ4v) is 3.85. The maximum atomic E-state index is 12.9. The standard InChI is InChI=1S/C26H25N3O6/c1-16-25(17(2)29(28-16)13-18-5-4-6-19(11-18)31-3)27-26(30)23-10-8-21(35-23)14-32-20-7-9-22-24(12-20)34-15-33-22/h4-12H,13-15H2,1-3H3,(H,27,30). The third kappa shape index (κ3) is 4.79. The zero-order chi connectivity index (χ0) is 24.4. The van der Waals surface area contributed by atoms with E-state index in [0.29, 0.717) is 35.2 Å². The van der Waals surface area contributed by atoms with Gasteiger partial charge in [0.2, 0.25) is 6.79 Å². The Morgan fingerprint density at radius 3 is 2.77 bits per heavy atom. The van der Waals surface area contributed by atoms with Gasteiger partial charge in [0.1, 0.15) is 23.9 Å². The van der Waals surface area contributed by atoms with Crippen LogP contribution < -0.4 is 24.3 Å². The molecule has 0 aliphatic carbocycles. The lowest BCUT2D eigenvalue weighted by atomic mass is 10.2. The van der Waals surface area contributed by atoms with Crippen molar-refractivity contribution in [2.24, 2.45) is 0 Å². The molecule has 0 atom stereocenters. The summed E-state index contributed by atoms with van der Waals surface area (Å²) >= 11 is 0. The average molecular weight is 476 g/mol. The zero-order valence-corrected chi connectivity index (χ0v) is 19.7. The van der Waals surface area contributed by atoms with Crippen molar-refractivity contribution in [2.45, 2.75) is 27.0 Å². The number of aromatic nitrogens is 2. The summed E-state index contributed by atoms with van der Waals surface area (Å²) in [7, 11) is 1.64. The van der Waals surface area contributed by atoms with Gasteiger partial charge in [0.05, 0.1) is 30.7 Å². The minimum absolute atomic E-state index is 0.170. The number of methoxy groups -OCH3 is 1. The SMILES string of the molecule is COc1cccc(Cn2nc(C)c(NC(=O)c3ccc(COc4ccc5c(c4)OCO5)o3)c2C)c1. The molecule has 2 aromatic carbocycles. The van der Waals surface area contributed by atoms with Crippen LogP contribution in [0.3, 0.4) is 0 Å². The Hall–Kier alpha value is -4.40. The molecule has 180 valence electrons. The van der Waals surface area contributed by atoms with Crippen LogP contribution in [0.1, 0.15) is 33.3 Å². The lowest BCUT2D eigenvalue weighted by molar-refractivity contribution is 0.0992. The summed E-state index contributed by atoms with van der Waals surface area (Å²) in [5.41, 5.74) is 3.27. The number of nitrogens with one attached hydrogen (secondary N) is 1. The molecule has 0 fully saturated rings. The highest BCUT2D eigenvalue weighted by molar-refractivity contribution is 6.02. The van der Waals surface area contributed by atoms with Crippen molar-refractivity contribution in [1.29, 1.82) is 0 Å². The van der Waals surface area contributed by atoms with Gasteiger partial charge in [-0.2, -0.15) is 5.10 Å². The van der Waals surface area contributed by atoms with E-state index in [0.717, 1.165) is 22.7 Å². The van der Waals surface area contributed by atoms with Gasteiger partial charge in [0, 0.05) is 6.07 Å². The Bertz CT molecular complexity index is 1370. The number of fused-ring (bicyclic) bond motifs is 1. The third-order valence-corrected chi connectivity index (χ3v) is 5.70. The summed E-state index contributed by atoms with van der Waals surface area (Å²) in [6.07, 6.45) is 0. The van der Waals surface area contributed by atoms with Crippen LogP contribution in [0.25, 0.3) is 0 Å². The number of nitrogens with zero attached hydrogens (tertiary/aromatic N) is 2. The summed E-state index contributed by atoms with van der Waals surface area (Å²) < 4.78 is 29.3. The van der Waals surface area contributed by atoms with Gasteiger partial charge in [-0.15, -0.1) is 0 Å². The number of hydrogen-bond donors (Lipinski definition) is 1. The molecule has 0 unspecified atom stereocenters. The molecule has 0 radical (unpaired) electrons. The smallest absolute Gasteiger partial charge is 0.291 e. The molecule has 3 heterocycles. The van der Waals surface area contributed by atoms with Crippen LogP contribution in [-0.2, 0) is 13.2 Å². The predicted octanol–water partition coefficient (Wildman–Crippen LogP) is 4.71. The van der Waals surface area contributed by atoms with Gasteiger partial charge in [-0.05, 0) is 55.8 Å². The van der Waals surface area contributed by atoms with E-state index in [1.54, 1.807) is 37.4 Å². The molecule has 0 saturated carbocycles. The van der Waals surface area contributed by atoms with Crippen molar-refractivity contribution in [3.63, 3.8) is 0 Å². The fraction of sp³-hybridized carbons (Fsp3) is 0.231. The van der Waals surface area contributed by atoms with Crippen molar-refractivity contribution in [1.82, 2.24) is 9.78 Å². The number of anilines is 1. The Morgan fingerprint density at radius 2 is 1.91 bits per heavy atom. The Kier molecular flexibility index (Phi) is 6.05. The molecule has 4 aromatic rings. The zero-order valence-electron chi connectivity index (χ0n) is 19.7. The Morgan fingerprint density at radius 1 is 1.06 bits per heavy atom. The van der Waals surface area contributed by atoms with Crippen molar-refractivity contribution in [2.75, 3.05) is 19.2 Å². The minimum atomic E-state index is -0.355. The molecule has 1 aliphatic heterocycles. The molecule has 5 rings (SSSR count). The highest BCUT2D eigenvalue weighted by Crippen LogP contribution is 2.35. The first-order valence-corrected chi connectivity index (χ1v) is 11.1. The number of hydrogen-bond acceptors (Lipinski definition) is 7. The number of amides is 1. The van der Waals surface area contributed by atoms with E-state index in [1.165, 1.54) is 0 Å². The molecule has 1 N–H and O–H groups in total. The lowest BCUT2D eigenvalue weighted by Gasteiger charge is -2.08. The fourth-order valence-electron chi connectivity index (χ4n) is 3.85. The topological polar surface area (TPSA) is 97.0 Å². The van der Waals surface area contributed by atoms with E-state index in [1.807, 2.05) is 42.8 Å². The second-order valence-corrected chi connectivity index (χ2v) is 8.08. The van der Waals surface area contributed by atoms with Gasteiger partial charge >= 0.3 is 0 Å². The van der Waals surface area contributed by atoms with E-state index in [9.17, 15) is 4.79 Å². The molecule has 0 saturated heterocycles. The highest BCUT2D eigenvalue weighted by Gasteiger charge is 2.19. The monoisotopic (exact) mass is 475 g/mol. The van der Waals surface area contributed by atoms with Gasteiger partial charge < -0.3 is 28.7 Å². The summed E-state index contributed by atoms with van der Waals surface area (Å²) in [5, 5.41) is 7.52. The highest BCUT2D eigenvalue weighted by atomic mass is 16.7. The summed E-state index contributed by atoms with van der Waals surface area (Å²) in [6, 6.07) is 16.5. The molecular weight excluding hydrogens is 450 g/mol. The summed E-state index contributed by atoms with van der Waals surface area (Å²) in [6.45, 7) is 4.71. The molecule has 2 aromatic heterocycles. The quantitative estimate of drug-likeness (QED) is 0.394. The van der Waals surface area contributed by atoms with Gasteiger partial charge in [0.15, 0.2) is 17.3 Å². The van der Waals surface area contributed by atoms with Crippen LogP contribution in [-0.4, -0.2) is 29.6 Å². The lowest BCUT2D eigenvalue weighted by Crippen LogP contribution is -2.12. The van der Waals surface area contributed by atoms with Crippen LogP contribution in [0.2, 0.25) is 0 Å². The van der Waals surface area contributed by atoms with Crippen molar-refractivity contribution in [3.8, 4) is 23.0 Å². The predicted molar refractivity (Wildman–Crippen MR) is 127 cm³/mol. The number of ether oxygens (including phenoxy) is 4.